The van der Waals surface area contributed by atoms with Gasteiger partial charge in [-0.3, -0.25) is 9.59 Å². The van der Waals surface area contributed by atoms with Crippen molar-refractivity contribution in [3.05, 3.63) is 54.4 Å². The lowest BCUT2D eigenvalue weighted by Gasteiger charge is -2.34. The van der Waals surface area contributed by atoms with Crippen molar-refractivity contribution in [3.63, 3.8) is 0 Å². The fraction of sp³-hybridized carbons (Fsp3) is 0.368. The first-order valence-corrected chi connectivity index (χ1v) is 8.62. The lowest BCUT2D eigenvalue weighted by Crippen LogP contribution is -2.50. The molecule has 0 atom stereocenters. The highest BCUT2D eigenvalue weighted by Gasteiger charge is 2.24. The van der Waals surface area contributed by atoms with Gasteiger partial charge in [0.15, 0.2) is 0 Å². The van der Waals surface area contributed by atoms with E-state index < -0.39 is 0 Å². The number of piperazine rings is 1. The molecule has 1 aliphatic heterocycles. The molecule has 0 bridgehead atoms. The predicted molar refractivity (Wildman–Crippen MR) is 94.4 cm³/mol. The lowest BCUT2D eigenvalue weighted by atomic mass is 10.2. The Morgan fingerprint density at radius 1 is 1.00 bits per heavy atom. The van der Waals surface area contributed by atoms with E-state index in [9.17, 15) is 9.59 Å². The molecule has 1 aromatic carbocycles. The zero-order valence-electron chi connectivity index (χ0n) is 14.2. The molecule has 2 aromatic rings. The van der Waals surface area contributed by atoms with Crippen LogP contribution in [0.25, 0.3) is 0 Å². The number of nitrogens with zero attached hydrogens (tertiary/aromatic N) is 2. The maximum atomic E-state index is 12.3. The zero-order chi connectivity index (χ0) is 17.5. The van der Waals surface area contributed by atoms with Crippen LogP contribution in [0.15, 0.2) is 48.8 Å². The molecule has 6 nitrogen and oxygen atoms in total. The molecule has 0 aliphatic carbocycles. The van der Waals surface area contributed by atoms with Crippen LogP contribution in [0.1, 0.15) is 23.2 Å². The standard InChI is InChI=1S/C19H23N3O3/c23-18(7-4-14-25-17-5-2-1-3-6-17)21-10-12-22(13-11-21)19(24)16-8-9-20-15-16/h1-3,5-6,8-9,15,20H,4,7,10-14H2. The van der Waals surface area contributed by atoms with Crippen molar-refractivity contribution in [2.24, 2.45) is 0 Å². The van der Waals surface area contributed by atoms with Crippen molar-refractivity contribution < 1.29 is 14.3 Å². The minimum Gasteiger partial charge on any atom is -0.494 e. The van der Waals surface area contributed by atoms with Gasteiger partial charge < -0.3 is 19.5 Å². The Morgan fingerprint density at radius 3 is 2.40 bits per heavy atom. The van der Waals surface area contributed by atoms with Crippen molar-refractivity contribution in [2.75, 3.05) is 32.8 Å². The van der Waals surface area contributed by atoms with E-state index in [0.29, 0.717) is 51.2 Å². The van der Waals surface area contributed by atoms with Gasteiger partial charge in [-0.25, -0.2) is 0 Å². The molecule has 1 N–H and O–H groups in total. The third kappa shape index (κ3) is 4.62. The molecule has 25 heavy (non-hydrogen) atoms. The van der Waals surface area contributed by atoms with E-state index in [0.717, 1.165) is 5.75 Å². The Hall–Kier alpha value is -2.76. The molecule has 0 saturated carbocycles. The van der Waals surface area contributed by atoms with Gasteiger partial charge in [0, 0.05) is 45.0 Å². The van der Waals surface area contributed by atoms with Gasteiger partial charge in [0.25, 0.3) is 5.91 Å². The monoisotopic (exact) mass is 341 g/mol. The minimum absolute atomic E-state index is 0.0182. The third-order valence-electron chi connectivity index (χ3n) is 4.31. The quantitative estimate of drug-likeness (QED) is 0.819. The Morgan fingerprint density at radius 2 is 1.72 bits per heavy atom. The highest BCUT2D eigenvalue weighted by Crippen LogP contribution is 2.11. The van der Waals surface area contributed by atoms with Crippen molar-refractivity contribution in [1.82, 2.24) is 14.8 Å². The fourth-order valence-corrected chi connectivity index (χ4v) is 2.89. The summed E-state index contributed by atoms with van der Waals surface area (Å²) < 4.78 is 5.61. The first-order chi connectivity index (χ1) is 12.2. The second kappa shape index (κ2) is 8.37. The van der Waals surface area contributed by atoms with Gasteiger partial charge in [0.2, 0.25) is 5.91 Å². The predicted octanol–water partition coefficient (Wildman–Crippen LogP) is 2.16. The summed E-state index contributed by atoms with van der Waals surface area (Å²) in [6.07, 6.45) is 4.60. The van der Waals surface area contributed by atoms with Gasteiger partial charge in [-0.1, -0.05) is 18.2 Å². The van der Waals surface area contributed by atoms with Gasteiger partial charge in [-0.05, 0) is 24.6 Å². The van der Waals surface area contributed by atoms with Gasteiger partial charge in [0.1, 0.15) is 5.75 Å². The summed E-state index contributed by atoms with van der Waals surface area (Å²) in [5.74, 6) is 0.974. The summed E-state index contributed by atoms with van der Waals surface area (Å²) in [5, 5.41) is 0. The van der Waals surface area contributed by atoms with Crippen molar-refractivity contribution >= 4 is 11.8 Å². The second-order valence-electron chi connectivity index (χ2n) is 6.04. The molecule has 1 aliphatic rings. The number of hydrogen-bond acceptors (Lipinski definition) is 3. The molecule has 1 saturated heterocycles. The number of aromatic nitrogens is 1. The van der Waals surface area contributed by atoms with Crippen LogP contribution in [0.5, 0.6) is 5.75 Å². The highest BCUT2D eigenvalue weighted by molar-refractivity contribution is 5.94. The average molecular weight is 341 g/mol. The number of carbonyl (C=O) groups is 2. The first-order valence-electron chi connectivity index (χ1n) is 8.62. The Kier molecular flexibility index (Phi) is 5.72. The maximum absolute atomic E-state index is 12.3. The highest BCUT2D eigenvalue weighted by atomic mass is 16.5. The molecular weight excluding hydrogens is 318 g/mol. The van der Waals surface area contributed by atoms with Gasteiger partial charge in [0.05, 0.1) is 12.2 Å². The first kappa shape index (κ1) is 17.1. The molecule has 0 radical (unpaired) electrons. The van der Waals surface area contributed by atoms with E-state index in [2.05, 4.69) is 4.98 Å². The molecule has 3 rings (SSSR count). The summed E-state index contributed by atoms with van der Waals surface area (Å²) in [4.78, 5) is 31.1. The van der Waals surface area contributed by atoms with Crippen molar-refractivity contribution in [3.8, 4) is 5.75 Å². The summed E-state index contributed by atoms with van der Waals surface area (Å²) in [5.41, 5.74) is 0.665. The number of carbonyl (C=O) groups excluding carboxylic acids is 2. The van der Waals surface area contributed by atoms with Crippen LogP contribution in [0, 0.1) is 0 Å². The van der Waals surface area contributed by atoms with E-state index in [-0.39, 0.29) is 11.8 Å². The molecular formula is C19H23N3O3. The number of H-pyrrole nitrogens is 1. The second-order valence-corrected chi connectivity index (χ2v) is 6.04. The molecule has 2 amide bonds. The lowest BCUT2D eigenvalue weighted by molar-refractivity contribution is -0.132. The largest absolute Gasteiger partial charge is 0.494 e. The normalized spacial score (nSPS) is 14.4. The van der Waals surface area contributed by atoms with Crippen LogP contribution in [-0.2, 0) is 4.79 Å². The Bertz CT molecular complexity index is 677. The summed E-state index contributed by atoms with van der Waals surface area (Å²) >= 11 is 0. The van der Waals surface area contributed by atoms with E-state index in [1.807, 2.05) is 35.2 Å². The topological polar surface area (TPSA) is 65.6 Å². The molecule has 0 unspecified atom stereocenters. The van der Waals surface area contributed by atoms with Crippen LogP contribution in [0.4, 0.5) is 0 Å². The third-order valence-corrected chi connectivity index (χ3v) is 4.31. The number of amides is 2. The number of hydrogen-bond donors (Lipinski definition) is 1. The number of benzene rings is 1. The molecule has 6 heteroatoms. The molecule has 1 aromatic heterocycles. The molecule has 132 valence electrons. The van der Waals surface area contributed by atoms with Crippen LogP contribution >= 0.6 is 0 Å². The molecule has 1 fully saturated rings. The molecule has 2 heterocycles. The van der Waals surface area contributed by atoms with Crippen LogP contribution in [-0.4, -0.2) is 59.4 Å². The van der Waals surface area contributed by atoms with Crippen LogP contribution in [0.3, 0.4) is 0 Å². The Balaban J connectivity index is 1.36. The number of ether oxygens (including phenoxy) is 1. The number of aromatic amines is 1. The number of para-hydroxylation sites is 1. The summed E-state index contributed by atoms with van der Waals surface area (Å²) in [6.45, 7) is 2.87. The Labute approximate surface area is 147 Å². The fourth-order valence-electron chi connectivity index (χ4n) is 2.89. The van der Waals surface area contributed by atoms with E-state index in [4.69, 9.17) is 4.74 Å². The van der Waals surface area contributed by atoms with Gasteiger partial charge in [-0.2, -0.15) is 0 Å². The van der Waals surface area contributed by atoms with Crippen LogP contribution < -0.4 is 4.74 Å². The smallest absolute Gasteiger partial charge is 0.255 e. The van der Waals surface area contributed by atoms with Gasteiger partial charge >= 0.3 is 0 Å². The average Bonchev–Trinajstić information content (AvgIpc) is 3.20. The van der Waals surface area contributed by atoms with E-state index in [1.165, 1.54) is 0 Å². The minimum atomic E-state index is 0.0182. The zero-order valence-corrected chi connectivity index (χ0v) is 14.2. The van der Waals surface area contributed by atoms with E-state index >= 15 is 0 Å². The maximum Gasteiger partial charge on any atom is 0.255 e. The summed E-state index contributed by atoms with van der Waals surface area (Å²) in [7, 11) is 0. The van der Waals surface area contributed by atoms with Crippen molar-refractivity contribution in [2.45, 2.75) is 12.8 Å². The number of nitrogens with one attached hydrogen (secondary N) is 1. The molecule has 0 spiro atoms. The number of rotatable bonds is 6. The van der Waals surface area contributed by atoms with E-state index in [1.54, 1.807) is 23.4 Å². The van der Waals surface area contributed by atoms with Crippen LogP contribution in [0.2, 0.25) is 0 Å². The van der Waals surface area contributed by atoms with Gasteiger partial charge in [-0.15, -0.1) is 0 Å². The van der Waals surface area contributed by atoms with Crippen molar-refractivity contribution in [1.29, 1.82) is 0 Å². The summed E-state index contributed by atoms with van der Waals surface area (Å²) in [6, 6.07) is 11.4. The SMILES string of the molecule is O=C(CCCOc1ccccc1)N1CCN(C(=O)c2cc[nH]c2)CC1.